The number of carbonyl (C=O) groups excluding carboxylic acids is 2. The van der Waals surface area contributed by atoms with Crippen molar-refractivity contribution in [2.75, 3.05) is 27.2 Å². The van der Waals surface area contributed by atoms with Crippen LogP contribution in [0.25, 0.3) is 10.9 Å². The fourth-order valence-electron chi connectivity index (χ4n) is 4.96. The number of likely N-dealkylation sites (tertiary alicyclic amines) is 1. The molecule has 2 amide bonds. The zero-order valence-electron chi connectivity index (χ0n) is 16.9. The number of piperidine rings is 1. The molecule has 2 aliphatic heterocycles. The summed E-state index contributed by atoms with van der Waals surface area (Å²) >= 11 is 0. The second-order valence-corrected chi connectivity index (χ2v) is 8.36. The summed E-state index contributed by atoms with van der Waals surface area (Å²) in [6, 6.07) is 12.1. The Balaban J connectivity index is 1.55. The van der Waals surface area contributed by atoms with Gasteiger partial charge in [0.05, 0.1) is 5.52 Å². The summed E-state index contributed by atoms with van der Waals surface area (Å²) in [6.45, 7) is 0.921. The van der Waals surface area contributed by atoms with Crippen LogP contribution in [0.4, 0.5) is 0 Å². The zero-order valence-corrected chi connectivity index (χ0v) is 16.9. The quantitative estimate of drug-likeness (QED) is 0.701. The molecule has 0 aliphatic carbocycles. The minimum atomic E-state index is -0.605. The van der Waals surface area contributed by atoms with E-state index >= 15 is 0 Å². The maximum absolute atomic E-state index is 13.4. The van der Waals surface area contributed by atoms with Gasteiger partial charge in [0, 0.05) is 56.2 Å². The van der Waals surface area contributed by atoms with Crippen molar-refractivity contribution in [3.8, 4) is 0 Å². The summed E-state index contributed by atoms with van der Waals surface area (Å²) < 4.78 is 1.65. The van der Waals surface area contributed by atoms with Gasteiger partial charge in [-0.3, -0.25) is 24.0 Å². The number of aromatic nitrogens is 3. The van der Waals surface area contributed by atoms with Crippen LogP contribution >= 0.6 is 0 Å². The first-order valence-corrected chi connectivity index (χ1v) is 10.1. The number of nitrogens with one attached hydrogen (secondary N) is 1. The van der Waals surface area contributed by atoms with Gasteiger partial charge in [-0.2, -0.15) is 5.10 Å². The predicted octanol–water partition coefficient (Wildman–Crippen LogP) is 1.61. The fraction of sp³-hybridized carbons (Fsp3) is 0.364. The van der Waals surface area contributed by atoms with Gasteiger partial charge in [0.15, 0.2) is 5.69 Å². The highest BCUT2D eigenvalue weighted by molar-refractivity contribution is 6.04. The van der Waals surface area contributed by atoms with E-state index in [1.54, 1.807) is 29.6 Å². The monoisotopic (exact) mass is 405 g/mol. The molecule has 8 heteroatoms. The van der Waals surface area contributed by atoms with Gasteiger partial charge < -0.3 is 9.80 Å². The first-order valence-electron chi connectivity index (χ1n) is 10.1. The standard InChI is InChI=1S/C22H23N5O3/c1-25(2)22(30)20-14-10-13(17-8-5-9-18(28)27(17)20)11-26(12-14)21(29)19-15-6-3-4-7-16(15)23-24-19/h3-9,13-14,20H,10-12H2,1-2H3,(H,23,24)/t13-,14+,20-/m1/s1. The number of para-hydroxylation sites is 1. The largest absolute Gasteiger partial charge is 0.347 e. The molecular formula is C22H23N5O3. The summed E-state index contributed by atoms with van der Waals surface area (Å²) in [5.41, 5.74) is 1.87. The first kappa shape index (κ1) is 18.6. The number of hydrogen-bond donors (Lipinski definition) is 1. The number of nitrogens with zero attached hydrogens (tertiary/aromatic N) is 4. The van der Waals surface area contributed by atoms with Crippen LogP contribution in [0.15, 0.2) is 47.3 Å². The number of carbonyl (C=O) groups is 2. The molecule has 5 rings (SSSR count). The average Bonchev–Trinajstić information content (AvgIpc) is 3.17. The molecule has 0 saturated carbocycles. The molecule has 3 aromatic rings. The van der Waals surface area contributed by atoms with E-state index in [-0.39, 0.29) is 29.2 Å². The van der Waals surface area contributed by atoms with Gasteiger partial charge >= 0.3 is 0 Å². The SMILES string of the molecule is CN(C)C(=O)[C@H]1[C@H]2C[C@H](CN(C(=O)c3n[nH]c4ccccc34)C2)c2cccc(=O)n21. The highest BCUT2D eigenvalue weighted by Gasteiger charge is 2.45. The third kappa shape index (κ3) is 2.74. The second-order valence-electron chi connectivity index (χ2n) is 8.36. The van der Waals surface area contributed by atoms with Crippen molar-refractivity contribution in [3.63, 3.8) is 0 Å². The number of H-pyrrole nitrogens is 1. The topological polar surface area (TPSA) is 91.3 Å². The number of likely N-dealkylation sites (N-methyl/N-ethyl adjacent to an activating group) is 1. The molecule has 8 nitrogen and oxygen atoms in total. The third-order valence-electron chi connectivity index (χ3n) is 6.30. The molecule has 2 aliphatic rings. The lowest BCUT2D eigenvalue weighted by Crippen LogP contribution is -2.54. The van der Waals surface area contributed by atoms with Gasteiger partial charge in [0.1, 0.15) is 6.04 Å². The smallest absolute Gasteiger partial charge is 0.275 e. The Morgan fingerprint density at radius 1 is 1.10 bits per heavy atom. The van der Waals surface area contributed by atoms with Crippen molar-refractivity contribution in [2.45, 2.75) is 18.4 Å². The van der Waals surface area contributed by atoms with Gasteiger partial charge in [-0.15, -0.1) is 0 Å². The van der Waals surface area contributed by atoms with E-state index in [0.29, 0.717) is 18.8 Å². The summed E-state index contributed by atoms with van der Waals surface area (Å²) in [7, 11) is 3.40. The van der Waals surface area contributed by atoms with Crippen LogP contribution in [0, 0.1) is 5.92 Å². The number of hydrogen-bond acceptors (Lipinski definition) is 4. The summed E-state index contributed by atoms with van der Waals surface area (Å²) in [6.07, 6.45) is 0.777. The van der Waals surface area contributed by atoms with E-state index < -0.39 is 6.04 Å². The Kier molecular flexibility index (Phi) is 4.23. The average molecular weight is 405 g/mol. The molecule has 1 aromatic carbocycles. The molecule has 1 N–H and O–H groups in total. The summed E-state index contributed by atoms with van der Waals surface area (Å²) in [5.74, 6) is -0.379. The number of fused-ring (bicyclic) bond motifs is 5. The minimum Gasteiger partial charge on any atom is -0.347 e. The van der Waals surface area contributed by atoms with E-state index in [1.807, 2.05) is 30.3 Å². The third-order valence-corrected chi connectivity index (χ3v) is 6.30. The maximum atomic E-state index is 13.4. The molecule has 2 aromatic heterocycles. The molecule has 154 valence electrons. The van der Waals surface area contributed by atoms with Crippen molar-refractivity contribution in [3.05, 3.63) is 64.2 Å². The normalized spacial score (nSPS) is 22.6. The number of pyridine rings is 1. The Bertz CT molecular complexity index is 1210. The van der Waals surface area contributed by atoms with Gasteiger partial charge in [0.2, 0.25) is 5.91 Å². The molecule has 3 atom stereocenters. The van der Waals surface area contributed by atoms with Crippen LogP contribution < -0.4 is 5.56 Å². The van der Waals surface area contributed by atoms with Gasteiger partial charge in [-0.05, 0) is 18.6 Å². The zero-order chi connectivity index (χ0) is 21.0. The van der Waals surface area contributed by atoms with Crippen LogP contribution in [-0.4, -0.2) is 63.6 Å². The van der Waals surface area contributed by atoms with Gasteiger partial charge in [-0.25, -0.2) is 0 Å². The predicted molar refractivity (Wildman–Crippen MR) is 111 cm³/mol. The lowest BCUT2D eigenvalue weighted by Gasteiger charge is -2.46. The Morgan fingerprint density at radius 3 is 2.70 bits per heavy atom. The summed E-state index contributed by atoms with van der Waals surface area (Å²) in [5, 5.41) is 7.97. The minimum absolute atomic E-state index is 0.0121. The van der Waals surface area contributed by atoms with Crippen LogP contribution in [0.5, 0.6) is 0 Å². The molecule has 0 radical (unpaired) electrons. The van der Waals surface area contributed by atoms with Crippen LogP contribution in [0.3, 0.4) is 0 Å². The number of benzene rings is 1. The van der Waals surface area contributed by atoms with E-state index in [4.69, 9.17) is 0 Å². The fourth-order valence-corrected chi connectivity index (χ4v) is 4.96. The van der Waals surface area contributed by atoms with E-state index in [2.05, 4.69) is 10.2 Å². The van der Waals surface area contributed by atoms with Crippen LogP contribution in [0.1, 0.15) is 34.6 Å². The maximum Gasteiger partial charge on any atom is 0.275 e. The number of rotatable bonds is 2. The van der Waals surface area contributed by atoms with Crippen LogP contribution in [0.2, 0.25) is 0 Å². The van der Waals surface area contributed by atoms with Crippen molar-refractivity contribution < 1.29 is 9.59 Å². The molecule has 1 saturated heterocycles. The molecule has 0 unspecified atom stereocenters. The Hall–Kier alpha value is -3.42. The molecule has 2 bridgehead atoms. The molecular weight excluding hydrogens is 382 g/mol. The lowest BCUT2D eigenvalue weighted by molar-refractivity contribution is -0.135. The lowest BCUT2D eigenvalue weighted by atomic mass is 9.78. The highest BCUT2D eigenvalue weighted by atomic mass is 16.2. The van der Waals surface area contributed by atoms with Crippen molar-refractivity contribution in [1.82, 2.24) is 24.6 Å². The van der Waals surface area contributed by atoms with Gasteiger partial charge in [-0.1, -0.05) is 24.3 Å². The number of amides is 2. The summed E-state index contributed by atoms with van der Waals surface area (Å²) in [4.78, 5) is 42.4. The van der Waals surface area contributed by atoms with E-state index in [9.17, 15) is 14.4 Å². The Morgan fingerprint density at radius 2 is 1.90 bits per heavy atom. The van der Waals surface area contributed by atoms with Crippen molar-refractivity contribution >= 4 is 22.7 Å². The van der Waals surface area contributed by atoms with Crippen molar-refractivity contribution in [2.24, 2.45) is 5.92 Å². The van der Waals surface area contributed by atoms with Gasteiger partial charge in [0.25, 0.3) is 11.5 Å². The van der Waals surface area contributed by atoms with Crippen molar-refractivity contribution in [1.29, 1.82) is 0 Å². The Labute approximate surface area is 173 Å². The second kappa shape index (κ2) is 6.83. The molecule has 30 heavy (non-hydrogen) atoms. The molecule has 4 heterocycles. The van der Waals surface area contributed by atoms with E-state index in [1.165, 1.54) is 11.0 Å². The van der Waals surface area contributed by atoms with Crippen LogP contribution in [-0.2, 0) is 4.79 Å². The number of aromatic amines is 1. The molecule has 0 spiro atoms. The molecule has 1 fully saturated rings. The highest BCUT2D eigenvalue weighted by Crippen LogP contribution is 2.42. The van der Waals surface area contributed by atoms with E-state index in [0.717, 1.165) is 23.0 Å². The first-order chi connectivity index (χ1) is 14.5.